The minimum absolute atomic E-state index is 0.197. The van der Waals surface area contributed by atoms with Gasteiger partial charge in [0.2, 0.25) is 0 Å². The van der Waals surface area contributed by atoms with Crippen molar-refractivity contribution in [3.05, 3.63) is 35.2 Å². The Morgan fingerprint density at radius 1 is 1.33 bits per heavy atom. The van der Waals surface area contributed by atoms with Crippen LogP contribution in [-0.4, -0.2) is 13.1 Å². The molecule has 1 fully saturated rings. The summed E-state index contributed by atoms with van der Waals surface area (Å²) in [5.74, 6) is 0.614. The molecular weight excluding hydrogens is 204 g/mol. The van der Waals surface area contributed by atoms with Crippen LogP contribution >= 0.6 is 11.3 Å². The molecule has 2 nitrogen and oxygen atoms in total. The largest absolute Gasteiger partial charge is 0.324 e. The lowest BCUT2D eigenvalue weighted by Crippen LogP contribution is -2.47. The van der Waals surface area contributed by atoms with Crippen molar-refractivity contribution >= 4 is 21.4 Å². The maximum atomic E-state index is 6.28. The first kappa shape index (κ1) is 9.33. The molecular formula is C12H14N2S. The highest BCUT2D eigenvalue weighted by molar-refractivity contribution is 7.17. The molecule has 1 atom stereocenters. The fraction of sp³-hybridized carbons (Fsp3) is 0.333. The van der Waals surface area contributed by atoms with Gasteiger partial charge in [-0.2, -0.15) is 0 Å². The Kier molecular flexibility index (Phi) is 2.24. The zero-order valence-corrected chi connectivity index (χ0v) is 9.26. The molecule has 1 aromatic heterocycles. The van der Waals surface area contributed by atoms with Gasteiger partial charge in [0.25, 0.3) is 0 Å². The van der Waals surface area contributed by atoms with Gasteiger partial charge in [-0.3, -0.25) is 0 Å². The molecule has 2 aromatic rings. The van der Waals surface area contributed by atoms with Gasteiger partial charge in [0, 0.05) is 29.7 Å². The normalized spacial score (nSPS) is 19.0. The number of nitrogens with two attached hydrogens (primary N) is 1. The van der Waals surface area contributed by atoms with Gasteiger partial charge in [0.15, 0.2) is 0 Å². The van der Waals surface area contributed by atoms with E-state index in [1.807, 2.05) is 0 Å². The van der Waals surface area contributed by atoms with Crippen LogP contribution in [0, 0.1) is 5.92 Å². The highest BCUT2D eigenvalue weighted by atomic mass is 32.1. The topological polar surface area (TPSA) is 38.0 Å². The summed E-state index contributed by atoms with van der Waals surface area (Å²) in [6.45, 7) is 2.12. The molecule has 2 heterocycles. The minimum atomic E-state index is 0.197. The standard InChI is InChI=1S/C12H14N2S/c13-12(8-5-14-6-8)10-7-15-11-4-2-1-3-9(10)11/h1-4,7-8,12,14H,5-6,13H2. The van der Waals surface area contributed by atoms with Gasteiger partial charge in [-0.1, -0.05) is 18.2 Å². The molecule has 1 aromatic carbocycles. The fourth-order valence-electron chi connectivity index (χ4n) is 2.08. The van der Waals surface area contributed by atoms with Crippen molar-refractivity contribution in [3.8, 4) is 0 Å². The van der Waals surface area contributed by atoms with Gasteiger partial charge in [-0.05, 0) is 22.4 Å². The predicted molar refractivity (Wildman–Crippen MR) is 65.1 cm³/mol. The van der Waals surface area contributed by atoms with E-state index in [2.05, 4.69) is 35.0 Å². The number of rotatable bonds is 2. The number of hydrogen-bond acceptors (Lipinski definition) is 3. The molecule has 0 spiro atoms. The summed E-state index contributed by atoms with van der Waals surface area (Å²) >= 11 is 1.79. The first-order valence-corrected chi connectivity index (χ1v) is 6.16. The maximum Gasteiger partial charge on any atom is 0.0362 e. The van der Waals surface area contributed by atoms with Crippen LogP contribution < -0.4 is 11.1 Å². The molecule has 1 unspecified atom stereocenters. The van der Waals surface area contributed by atoms with Crippen molar-refractivity contribution in [2.24, 2.45) is 11.7 Å². The second-order valence-corrected chi connectivity index (χ2v) is 5.04. The van der Waals surface area contributed by atoms with Gasteiger partial charge in [0.1, 0.15) is 0 Å². The molecule has 0 radical (unpaired) electrons. The predicted octanol–water partition coefficient (Wildman–Crippen LogP) is 2.12. The van der Waals surface area contributed by atoms with Crippen molar-refractivity contribution in [1.29, 1.82) is 0 Å². The van der Waals surface area contributed by atoms with Crippen molar-refractivity contribution < 1.29 is 0 Å². The summed E-state index contributed by atoms with van der Waals surface area (Å²) in [5.41, 5.74) is 7.60. The van der Waals surface area contributed by atoms with Crippen LogP contribution in [0.4, 0.5) is 0 Å². The first-order valence-electron chi connectivity index (χ1n) is 5.28. The molecule has 1 saturated heterocycles. The lowest BCUT2D eigenvalue weighted by atomic mass is 9.89. The summed E-state index contributed by atoms with van der Waals surface area (Å²) < 4.78 is 1.34. The molecule has 3 heteroatoms. The zero-order chi connectivity index (χ0) is 10.3. The van der Waals surface area contributed by atoms with Gasteiger partial charge in [0.05, 0.1) is 0 Å². The Bertz CT molecular complexity index is 473. The van der Waals surface area contributed by atoms with Crippen LogP contribution in [0.1, 0.15) is 11.6 Å². The molecule has 3 rings (SSSR count). The quantitative estimate of drug-likeness (QED) is 0.810. The minimum Gasteiger partial charge on any atom is -0.324 e. The van der Waals surface area contributed by atoms with Crippen LogP contribution in [0.25, 0.3) is 10.1 Å². The second-order valence-electron chi connectivity index (χ2n) is 4.13. The molecule has 1 aliphatic heterocycles. The zero-order valence-electron chi connectivity index (χ0n) is 8.44. The number of benzene rings is 1. The highest BCUT2D eigenvalue weighted by Crippen LogP contribution is 2.33. The maximum absolute atomic E-state index is 6.28. The van der Waals surface area contributed by atoms with Crippen molar-refractivity contribution in [2.75, 3.05) is 13.1 Å². The Morgan fingerprint density at radius 3 is 2.87 bits per heavy atom. The first-order chi connectivity index (χ1) is 7.36. The molecule has 0 aliphatic carbocycles. The Balaban J connectivity index is 2.02. The summed E-state index contributed by atoms with van der Waals surface area (Å²) in [7, 11) is 0. The molecule has 78 valence electrons. The summed E-state index contributed by atoms with van der Waals surface area (Å²) in [6.07, 6.45) is 0. The van der Waals surface area contributed by atoms with Crippen LogP contribution in [0.15, 0.2) is 29.6 Å². The monoisotopic (exact) mass is 218 g/mol. The van der Waals surface area contributed by atoms with E-state index in [1.165, 1.54) is 15.6 Å². The molecule has 15 heavy (non-hydrogen) atoms. The van der Waals surface area contributed by atoms with Gasteiger partial charge in [-0.25, -0.2) is 0 Å². The fourth-order valence-corrected chi connectivity index (χ4v) is 3.08. The molecule has 3 N–H and O–H groups in total. The van der Waals surface area contributed by atoms with Crippen LogP contribution in [-0.2, 0) is 0 Å². The van der Waals surface area contributed by atoms with Crippen LogP contribution in [0.3, 0.4) is 0 Å². The van der Waals surface area contributed by atoms with E-state index in [0.717, 1.165) is 13.1 Å². The van der Waals surface area contributed by atoms with E-state index in [1.54, 1.807) is 11.3 Å². The average molecular weight is 218 g/mol. The number of nitrogens with one attached hydrogen (secondary N) is 1. The van der Waals surface area contributed by atoms with E-state index >= 15 is 0 Å². The Labute approximate surface area is 93.1 Å². The number of fused-ring (bicyclic) bond motifs is 1. The number of hydrogen-bond donors (Lipinski definition) is 2. The van der Waals surface area contributed by atoms with E-state index in [0.29, 0.717) is 5.92 Å². The summed E-state index contributed by atoms with van der Waals surface area (Å²) in [4.78, 5) is 0. The van der Waals surface area contributed by atoms with E-state index in [4.69, 9.17) is 5.73 Å². The number of thiophene rings is 1. The molecule has 0 amide bonds. The van der Waals surface area contributed by atoms with Crippen LogP contribution in [0.2, 0.25) is 0 Å². The molecule has 0 saturated carbocycles. The summed E-state index contributed by atoms with van der Waals surface area (Å²) in [6, 6.07) is 8.70. The Morgan fingerprint density at radius 2 is 2.13 bits per heavy atom. The SMILES string of the molecule is NC(c1csc2ccccc12)C1CNC1. The van der Waals surface area contributed by atoms with Crippen molar-refractivity contribution in [1.82, 2.24) is 5.32 Å². The second kappa shape index (κ2) is 3.59. The highest BCUT2D eigenvalue weighted by Gasteiger charge is 2.26. The van der Waals surface area contributed by atoms with Gasteiger partial charge >= 0.3 is 0 Å². The third-order valence-corrected chi connectivity index (χ3v) is 4.17. The third kappa shape index (κ3) is 1.47. The Hall–Kier alpha value is -0.900. The van der Waals surface area contributed by atoms with Gasteiger partial charge < -0.3 is 11.1 Å². The molecule has 1 aliphatic rings. The molecule has 0 bridgehead atoms. The third-order valence-electron chi connectivity index (χ3n) is 3.19. The lowest BCUT2D eigenvalue weighted by Gasteiger charge is -2.32. The smallest absolute Gasteiger partial charge is 0.0362 e. The average Bonchev–Trinajstić information content (AvgIpc) is 2.58. The van der Waals surface area contributed by atoms with Crippen molar-refractivity contribution in [2.45, 2.75) is 6.04 Å². The van der Waals surface area contributed by atoms with Gasteiger partial charge in [-0.15, -0.1) is 11.3 Å². The van der Waals surface area contributed by atoms with Crippen molar-refractivity contribution in [3.63, 3.8) is 0 Å². The van der Waals surface area contributed by atoms with E-state index in [-0.39, 0.29) is 6.04 Å². The van der Waals surface area contributed by atoms with E-state index in [9.17, 15) is 0 Å². The van der Waals surface area contributed by atoms with E-state index < -0.39 is 0 Å². The van der Waals surface area contributed by atoms with Crippen LogP contribution in [0.5, 0.6) is 0 Å². The lowest BCUT2D eigenvalue weighted by molar-refractivity contribution is 0.296. The summed E-state index contributed by atoms with van der Waals surface area (Å²) in [5, 5.41) is 6.83.